The number of nitrogens with two attached hydrogens (primary N) is 1. The van der Waals surface area contributed by atoms with Crippen LogP contribution in [0.15, 0.2) is 77.9 Å². The lowest BCUT2D eigenvalue weighted by atomic mass is 9.98. The largest absolute Gasteiger partial charge is 0.513 e. The second kappa shape index (κ2) is 8.75. The predicted octanol–water partition coefficient (Wildman–Crippen LogP) is 4.18. The van der Waals surface area contributed by atoms with E-state index >= 15 is 0 Å². The third kappa shape index (κ3) is 4.31. The van der Waals surface area contributed by atoms with Crippen LogP contribution in [0.3, 0.4) is 0 Å². The molecule has 1 aliphatic carbocycles. The quantitative estimate of drug-likeness (QED) is 0.213. The van der Waals surface area contributed by atoms with Gasteiger partial charge in [0.2, 0.25) is 0 Å². The summed E-state index contributed by atoms with van der Waals surface area (Å²) in [5.41, 5.74) is 13.2. The van der Waals surface area contributed by atoms with Gasteiger partial charge in [-0.25, -0.2) is 4.79 Å². The monoisotopic (exact) mass is 417 g/mol. The smallest absolute Gasteiger partial charge is 0.433 e. The van der Waals surface area contributed by atoms with Crippen molar-refractivity contribution >= 4 is 29.7 Å². The van der Waals surface area contributed by atoms with Gasteiger partial charge in [-0.1, -0.05) is 48.5 Å². The summed E-state index contributed by atoms with van der Waals surface area (Å²) >= 11 is 4.67. The minimum Gasteiger partial charge on any atom is -0.433 e. The highest BCUT2D eigenvalue weighted by molar-refractivity contribution is 7.80. The number of nitrogens with zero attached hydrogens (tertiary/aromatic N) is 1. The maximum atomic E-state index is 12.2. The first-order chi connectivity index (χ1) is 14.6. The average molecular weight is 417 g/mol. The molecule has 1 aliphatic rings. The van der Waals surface area contributed by atoms with Crippen LogP contribution in [0.1, 0.15) is 22.6 Å². The molecule has 0 heterocycles. The summed E-state index contributed by atoms with van der Waals surface area (Å²) in [6.45, 7) is 0.211. The topological polar surface area (TPSA) is 85.9 Å². The molecule has 0 amide bonds. The molecular weight excluding hydrogens is 398 g/mol. The molecule has 0 aliphatic heterocycles. The molecule has 0 spiro atoms. The molecule has 0 saturated carbocycles. The Hall–Kier alpha value is -3.71. The van der Waals surface area contributed by atoms with E-state index in [1.54, 1.807) is 30.5 Å². The summed E-state index contributed by atoms with van der Waals surface area (Å²) in [6, 6.07) is 23.2. The zero-order valence-electron chi connectivity index (χ0n) is 15.9. The molecule has 0 unspecified atom stereocenters. The van der Waals surface area contributed by atoms with Crippen LogP contribution < -0.4 is 15.9 Å². The molecule has 150 valence electrons. The Balaban J connectivity index is 1.37. The highest BCUT2D eigenvalue weighted by Crippen LogP contribution is 2.44. The fourth-order valence-corrected chi connectivity index (χ4v) is 3.56. The van der Waals surface area contributed by atoms with Gasteiger partial charge in [0, 0.05) is 5.92 Å². The van der Waals surface area contributed by atoms with Crippen molar-refractivity contribution < 1.29 is 14.3 Å². The zero-order chi connectivity index (χ0) is 20.9. The number of hydrogen-bond acceptors (Lipinski definition) is 5. The van der Waals surface area contributed by atoms with Gasteiger partial charge >= 0.3 is 6.16 Å². The number of carbonyl (C=O) groups is 1. The van der Waals surface area contributed by atoms with Gasteiger partial charge in [0.25, 0.3) is 0 Å². The zero-order valence-corrected chi connectivity index (χ0v) is 16.8. The number of fused-ring (bicyclic) bond motifs is 3. The molecule has 3 aromatic carbocycles. The minimum absolute atomic E-state index is 0.00957. The van der Waals surface area contributed by atoms with E-state index in [2.05, 4.69) is 47.0 Å². The van der Waals surface area contributed by atoms with Gasteiger partial charge in [0.05, 0.1) is 6.21 Å². The first-order valence-electron chi connectivity index (χ1n) is 9.33. The highest BCUT2D eigenvalue weighted by Gasteiger charge is 2.29. The number of hydrogen-bond donors (Lipinski definition) is 2. The van der Waals surface area contributed by atoms with Crippen LogP contribution in [0.25, 0.3) is 11.1 Å². The van der Waals surface area contributed by atoms with Gasteiger partial charge in [-0.2, -0.15) is 5.10 Å². The first kappa shape index (κ1) is 19.6. The summed E-state index contributed by atoms with van der Waals surface area (Å²) in [7, 11) is 0. The molecular formula is C23H19N3O3S. The third-order valence-electron chi connectivity index (χ3n) is 4.80. The molecule has 3 N–H and O–H groups in total. The molecule has 7 heteroatoms. The van der Waals surface area contributed by atoms with Gasteiger partial charge in [-0.05, 0) is 64.3 Å². The van der Waals surface area contributed by atoms with E-state index in [1.165, 1.54) is 11.1 Å². The molecule has 0 radical (unpaired) electrons. The number of benzene rings is 3. The second-order valence-corrected chi connectivity index (χ2v) is 7.13. The number of rotatable bonds is 5. The van der Waals surface area contributed by atoms with Crippen LogP contribution >= 0.6 is 12.2 Å². The van der Waals surface area contributed by atoms with Crippen molar-refractivity contribution in [2.24, 2.45) is 10.8 Å². The lowest BCUT2D eigenvalue weighted by Gasteiger charge is -2.14. The molecule has 3 aromatic rings. The van der Waals surface area contributed by atoms with E-state index in [9.17, 15) is 4.79 Å². The molecule has 6 nitrogen and oxygen atoms in total. The number of carbonyl (C=O) groups excluding carboxylic acids is 1. The summed E-state index contributed by atoms with van der Waals surface area (Å²) in [5, 5.41) is 3.95. The highest BCUT2D eigenvalue weighted by atomic mass is 32.1. The standard InChI is InChI=1S/C23H19N3O3S/c24-22(30)26-25-13-15-9-11-16(12-10-15)29-23(27)28-14-21-19-7-3-1-5-17(19)18-6-2-4-8-20(18)21/h1-13,21H,14H2,(H3,24,26,30). The lowest BCUT2D eigenvalue weighted by Crippen LogP contribution is -2.23. The van der Waals surface area contributed by atoms with E-state index in [-0.39, 0.29) is 17.6 Å². The van der Waals surface area contributed by atoms with Gasteiger partial charge in [-0.15, -0.1) is 0 Å². The Morgan fingerprint density at radius 2 is 1.60 bits per heavy atom. The molecule has 4 rings (SSSR count). The van der Waals surface area contributed by atoms with E-state index in [0.29, 0.717) is 5.75 Å². The third-order valence-corrected chi connectivity index (χ3v) is 4.89. The Bertz CT molecular complexity index is 1070. The Kier molecular flexibility index (Phi) is 5.72. The fourth-order valence-electron chi connectivity index (χ4n) is 3.51. The number of hydrazone groups is 1. The average Bonchev–Trinajstić information content (AvgIpc) is 3.07. The summed E-state index contributed by atoms with van der Waals surface area (Å²) < 4.78 is 10.7. The summed E-state index contributed by atoms with van der Waals surface area (Å²) in [5.74, 6) is 0.372. The lowest BCUT2D eigenvalue weighted by molar-refractivity contribution is 0.0965. The molecule has 0 aromatic heterocycles. The first-order valence-corrected chi connectivity index (χ1v) is 9.74. The van der Waals surface area contributed by atoms with E-state index in [4.69, 9.17) is 15.2 Å². The van der Waals surface area contributed by atoms with Crippen LogP contribution in [0.4, 0.5) is 4.79 Å². The normalized spacial score (nSPS) is 12.3. The second-order valence-electron chi connectivity index (χ2n) is 6.69. The van der Waals surface area contributed by atoms with Crippen molar-refractivity contribution in [2.75, 3.05) is 6.61 Å². The van der Waals surface area contributed by atoms with Crippen LogP contribution in [0, 0.1) is 0 Å². The van der Waals surface area contributed by atoms with Crippen molar-refractivity contribution in [3.05, 3.63) is 89.5 Å². The Morgan fingerprint density at radius 1 is 1.00 bits per heavy atom. The summed E-state index contributed by atoms with van der Waals surface area (Å²) in [6.07, 6.45) is 0.810. The van der Waals surface area contributed by atoms with Crippen molar-refractivity contribution in [3.8, 4) is 16.9 Å². The molecule has 0 saturated heterocycles. The van der Waals surface area contributed by atoms with Crippen molar-refractivity contribution in [1.82, 2.24) is 5.43 Å². The Labute approximate surface area is 179 Å². The SMILES string of the molecule is NC(=S)NN=Cc1ccc(OC(=O)OCC2c3ccccc3-c3ccccc32)cc1. The van der Waals surface area contributed by atoms with Crippen LogP contribution in [-0.4, -0.2) is 24.1 Å². The van der Waals surface area contributed by atoms with Crippen LogP contribution in [0.5, 0.6) is 5.75 Å². The number of nitrogens with one attached hydrogen (secondary N) is 1. The van der Waals surface area contributed by atoms with Gasteiger partial charge < -0.3 is 15.2 Å². The molecule has 0 atom stereocenters. The Morgan fingerprint density at radius 3 is 2.20 bits per heavy atom. The minimum atomic E-state index is -0.742. The van der Waals surface area contributed by atoms with Crippen molar-refractivity contribution in [1.29, 1.82) is 0 Å². The number of ether oxygens (including phenoxy) is 2. The maximum absolute atomic E-state index is 12.2. The molecule has 30 heavy (non-hydrogen) atoms. The van der Waals surface area contributed by atoms with Crippen LogP contribution in [-0.2, 0) is 4.74 Å². The van der Waals surface area contributed by atoms with E-state index in [0.717, 1.165) is 16.7 Å². The predicted molar refractivity (Wildman–Crippen MR) is 120 cm³/mol. The van der Waals surface area contributed by atoms with Gasteiger partial charge in [0.15, 0.2) is 5.11 Å². The van der Waals surface area contributed by atoms with E-state index in [1.807, 2.05) is 24.3 Å². The van der Waals surface area contributed by atoms with Gasteiger partial charge in [0.1, 0.15) is 12.4 Å². The fraction of sp³-hybridized carbons (Fsp3) is 0.0870. The maximum Gasteiger partial charge on any atom is 0.513 e. The summed E-state index contributed by atoms with van der Waals surface area (Å²) in [4.78, 5) is 12.2. The van der Waals surface area contributed by atoms with E-state index < -0.39 is 6.16 Å². The van der Waals surface area contributed by atoms with Crippen LogP contribution in [0.2, 0.25) is 0 Å². The number of thiocarbonyl (C=S) groups is 1. The van der Waals surface area contributed by atoms with Gasteiger partial charge in [-0.3, -0.25) is 5.43 Å². The molecule has 0 bridgehead atoms. The van der Waals surface area contributed by atoms with Crippen molar-refractivity contribution in [2.45, 2.75) is 5.92 Å². The van der Waals surface area contributed by atoms with Crippen molar-refractivity contribution in [3.63, 3.8) is 0 Å². The molecule has 0 fully saturated rings.